The van der Waals surface area contributed by atoms with Gasteiger partial charge in [-0.25, -0.2) is 14.8 Å². The molecule has 0 radical (unpaired) electrons. The third-order valence-corrected chi connectivity index (χ3v) is 7.89. The van der Waals surface area contributed by atoms with Crippen LogP contribution in [-0.4, -0.2) is 85.8 Å². The summed E-state index contributed by atoms with van der Waals surface area (Å²) < 4.78 is 16.6. The van der Waals surface area contributed by atoms with E-state index in [-0.39, 0.29) is 30.2 Å². The highest BCUT2D eigenvalue weighted by atomic mass is 16.5. The standard InChI is InChI=1S/C29H34N6O6/c1-34(28(37)24-6-4-8-41-24)14-20-9-18-5-3-7-35(27(18)32-23(20)15-36)29(38)33-26-11-19(22(12-30)13-31-26)10-21-16-40-17-25(21)39-2/h9,11,13,15,21,24-25H,3-8,10,14,16-17H2,1-2H3,(H,31,33,38)/t21?,24-,25-/m1/s1. The van der Waals surface area contributed by atoms with Crippen LogP contribution in [-0.2, 0) is 38.4 Å². The minimum absolute atomic E-state index is 0.0606. The van der Waals surface area contributed by atoms with Crippen LogP contribution in [0, 0.1) is 17.2 Å². The highest BCUT2D eigenvalue weighted by Crippen LogP contribution is 2.29. The molecule has 0 aliphatic carbocycles. The Morgan fingerprint density at radius 3 is 2.88 bits per heavy atom. The number of methoxy groups -OCH3 is 1. The maximum absolute atomic E-state index is 13.4. The van der Waals surface area contributed by atoms with Gasteiger partial charge in [-0.1, -0.05) is 0 Å². The minimum Gasteiger partial charge on any atom is -0.379 e. The molecule has 5 rings (SSSR count). The van der Waals surface area contributed by atoms with Crippen molar-refractivity contribution >= 4 is 29.9 Å². The lowest BCUT2D eigenvalue weighted by Gasteiger charge is -2.30. The van der Waals surface area contributed by atoms with Crippen molar-refractivity contribution in [2.45, 2.75) is 50.9 Å². The summed E-state index contributed by atoms with van der Waals surface area (Å²) in [5.74, 6) is 0.691. The summed E-state index contributed by atoms with van der Waals surface area (Å²) in [7, 11) is 3.33. The van der Waals surface area contributed by atoms with Gasteiger partial charge in [-0.3, -0.25) is 19.8 Å². The number of anilines is 2. The zero-order chi connectivity index (χ0) is 28.9. The molecule has 5 heterocycles. The van der Waals surface area contributed by atoms with Gasteiger partial charge in [0.1, 0.15) is 29.5 Å². The van der Waals surface area contributed by atoms with Gasteiger partial charge in [0.25, 0.3) is 5.91 Å². The van der Waals surface area contributed by atoms with Gasteiger partial charge in [-0.15, -0.1) is 0 Å². The fourth-order valence-electron chi connectivity index (χ4n) is 5.66. The molecule has 3 atom stereocenters. The van der Waals surface area contributed by atoms with E-state index in [1.54, 1.807) is 25.1 Å². The molecule has 2 aromatic rings. The number of aryl methyl sites for hydroxylation is 1. The van der Waals surface area contributed by atoms with E-state index in [9.17, 15) is 19.6 Å². The van der Waals surface area contributed by atoms with Crippen LogP contribution in [0.2, 0.25) is 0 Å². The maximum atomic E-state index is 13.4. The maximum Gasteiger partial charge on any atom is 0.328 e. The highest BCUT2D eigenvalue weighted by Gasteiger charge is 2.31. The Hall–Kier alpha value is -3.92. The Bertz CT molecular complexity index is 1350. The van der Waals surface area contributed by atoms with Crippen LogP contribution >= 0.6 is 0 Å². The van der Waals surface area contributed by atoms with E-state index in [4.69, 9.17) is 14.2 Å². The number of pyridine rings is 2. The number of fused-ring (bicyclic) bond motifs is 1. The average Bonchev–Trinajstić information content (AvgIpc) is 3.68. The van der Waals surface area contributed by atoms with Crippen molar-refractivity contribution in [2.75, 3.05) is 50.7 Å². The number of urea groups is 1. The number of amides is 3. The molecule has 0 bridgehead atoms. The lowest BCUT2D eigenvalue weighted by atomic mass is 9.94. The monoisotopic (exact) mass is 562 g/mol. The number of nitrogens with one attached hydrogen (secondary N) is 1. The molecule has 12 heteroatoms. The summed E-state index contributed by atoms with van der Waals surface area (Å²) in [6, 6.07) is 5.31. The van der Waals surface area contributed by atoms with Crippen molar-refractivity contribution < 1.29 is 28.6 Å². The summed E-state index contributed by atoms with van der Waals surface area (Å²) in [4.78, 5) is 50.0. The van der Waals surface area contributed by atoms with E-state index >= 15 is 0 Å². The van der Waals surface area contributed by atoms with Crippen LogP contribution in [0.3, 0.4) is 0 Å². The highest BCUT2D eigenvalue weighted by molar-refractivity contribution is 6.01. The number of aromatic nitrogens is 2. The van der Waals surface area contributed by atoms with Gasteiger partial charge in [0.05, 0.1) is 24.9 Å². The Morgan fingerprint density at radius 2 is 2.15 bits per heavy atom. The van der Waals surface area contributed by atoms with E-state index in [0.29, 0.717) is 81.1 Å². The number of nitriles is 1. The lowest BCUT2D eigenvalue weighted by molar-refractivity contribution is -0.140. The van der Waals surface area contributed by atoms with E-state index in [1.807, 2.05) is 6.07 Å². The molecule has 1 unspecified atom stereocenters. The van der Waals surface area contributed by atoms with E-state index in [1.165, 1.54) is 11.1 Å². The molecule has 0 spiro atoms. The smallest absolute Gasteiger partial charge is 0.328 e. The SMILES string of the molecule is CO[C@@H]1COCC1Cc1cc(NC(=O)N2CCCc3cc(CN(C)C(=O)[C@H]4CCCO4)c(C=O)nc32)ncc1C#N. The first-order valence-corrected chi connectivity index (χ1v) is 13.8. The Labute approximate surface area is 238 Å². The van der Waals surface area contributed by atoms with Gasteiger partial charge in [-0.05, 0) is 55.4 Å². The first-order valence-electron chi connectivity index (χ1n) is 13.8. The molecule has 0 aromatic carbocycles. The predicted molar refractivity (Wildman–Crippen MR) is 148 cm³/mol. The molecular formula is C29H34N6O6. The molecule has 3 amide bonds. The van der Waals surface area contributed by atoms with Gasteiger partial charge in [0.15, 0.2) is 6.29 Å². The summed E-state index contributed by atoms with van der Waals surface area (Å²) in [6.45, 7) is 2.24. The fraction of sp³-hybridized carbons (Fsp3) is 0.517. The van der Waals surface area contributed by atoms with Crippen LogP contribution in [0.25, 0.3) is 0 Å². The Morgan fingerprint density at radius 1 is 1.29 bits per heavy atom. The molecule has 2 aromatic heterocycles. The normalized spacial score (nSPS) is 21.7. The van der Waals surface area contributed by atoms with Crippen LogP contribution in [0.5, 0.6) is 0 Å². The number of likely N-dealkylation sites (N-methyl/N-ethyl adjacent to an activating group) is 1. The van der Waals surface area contributed by atoms with Crippen molar-refractivity contribution in [1.82, 2.24) is 14.9 Å². The number of ether oxygens (including phenoxy) is 3. The molecular weight excluding hydrogens is 528 g/mol. The molecule has 41 heavy (non-hydrogen) atoms. The Kier molecular flexibility index (Phi) is 8.87. The third kappa shape index (κ3) is 6.22. The second-order valence-corrected chi connectivity index (χ2v) is 10.6. The second kappa shape index (κ2) is 12.7. The average molecular weight is 563 g/mol. The third-order valence-electron chi connectivity index (χ3n) is 7.89. The molecule has 3 aliphatic heterocycles. The second-order valence-electron chi connectivity index (χ2n) is 10.6. The van der Waals surface area contributed by atoms with Crippen molar-refractivity contribution in [3.8, 4) is 6.07 Å². The molecule has 216 valence electrons. The summed E-state index contributed by atoms with van der Waals surface area (Å²) in [6.07, 6.45) is 5.08. The number of carbonyl (C=O) groups is 3. The van der Waals surface area contributed by atoms with Gasteiger partial charge >= 0.3 is 6.03 Å². The van der Waals surface area contributed by atoms with Crippen LogP contribution in [0.4, 0.5) is 16.4 Å². The van der Waals surface area contributed by atoms with Gasteiger partial charge in [0, 0.05) is 51.5 Å². The predicted octanol–water partition coefficient (Wildman–Crippen LogP) is 2.49. The van der Waals surface area contributed by atoms with Gasteiger partial charge < -0.3 is 19.1 Å². The quantitative estimate of drug-likeness (QED) is 0.479. The summed E-state index contributed by atoms with van der Waals surface area (Å²) in [5.41, 5.74) is 2.81. The number of hydrogen-bond acceptors (Lipinski definition) is 9. The molecule has 1 N–H and O–H groups in total. The molecule has 3 aliphatic rings. The van der Waals surface area contributed by atoms with E-state index in [0.717, 1.165) is 17.5 Å². The number of hydrogen-bond donors (Lipinski definition) is 1. The molecule has 0 saturated carbocycles. The number of nitrogens with zero attached hydrogens (tertiary/aromatic N) is 5. The zero-order valence-electron chi connectivity index (χ0n) is 23.3. The number of aldehydes is 1. The number of carbonyl (C=O) groups excluding carboxylic acids is 3. The fourth-order valence-corrected chi connectivity index (χ4v) is 5.66. The summed E-state index contributed by atoms with van der Waals surface area (Å²) >= 11 is 0. The molecule has 2 saturated heterocycles. The van der Waals surface area contributed by atoms with E-state index in [2.05, 4.69) is 21.4 Å². The first-order chi connectivity index (χ1) is 19.9. The van der Waals surface area contributed by atoms with Gasteiger partial charge in [-0.2, -0.15) is 5.26 Å². The van der Waals surface area contributed by atoms with Crippen molar-refractivity contribution in [2.24, 2.45) is 5.92 Å². The molecule has 2 fully saturated rings. The van der Waals surface area contributed by atoms with Crippen molar-refractivity contribution in [3.05, 3.63) is 46.3 Å². The molecule has 12 nitrogen and oxygen atoms in total. The minimum atomic E-state index is -0.450. The van der Waals surface area contributed by atoms with Crippen LogP contribution < -0.4 is 10.2 Å². The number of rotatable bonds is 8. The lowest BCUT2D eigenvalue weighted by Crippen LogP contribution is -2.40. The van der Waals surface area contributed by atoms with Crippen molar-refractivity contribution in [1.29, 1.82) is 5.26 Å². The van der Waals surface area contributed by atoms with Crippen LogP contribution in [0.1, 0.15) is 52.0 Å². The van der Waals surface area contributed by atoms with E-state index < -0.39 is 12.1 Å². The summed E-state index contributed by atoms with van der Waals surface area (Å²) in [5, 5.41) is 12.4. The van der Waals surface area contributed by atoms with Gasteiger partial charge in [0.2, 0.25) is 0 Å². The van der Waals surface area contributed by atoms with Crippen molar-refractivity contribution in [3.63, 3.8) is 0 Å². The van der Waals surface area contributed by atoms with Crippen LogP contribution in [0.15, 0.2) is 18.3 Å². The zero-order valence-corrected chi connectivity index (χ0v) is 23.3. The Balaban J connectivity index is 1.33. The first kappa shape index (κ1) is 28.6. The largest absolute Gasteiger partial charge is 0.379 e. The topological polar surface area (TPSA) is 147 Å².